The first-order valence-electron chi connectivity index (χ1n) is 8.20. The third kappa shape index (κ3) is 8.30. The predicted octanol–water partition coefficient (Wildman–Crippen LogP) is -4.81. The van der Waals surface area contributed by atoms with Crippen molar-refractivity contribution < 1.29 is 98.2 Å². The Labute approximate surface area is 229 Å². The van der Waals surface area contributed by atoms with Crippen LogP contribution in [0.15, 0.2) is 72.9 Å². The van der Waals surface area contributed by atoms with E-state index < -0.39 is 26.7 Å². The summed E-state index contributed by atoms with van der Waals surface area (Å²) in [5.41, 5.74) is 1.41. The van der Waals surface area contributed by atoms with Crippen molar-refractivity contribution in [3.8, 4) is 11.5 Å². The first kappa shape index (κ1) is 28.8. The number of rotatable bonds is 7. The number of nitrogens with zero attached hydrogens (tertiary/aromatic N) is 1. The summed E-state index contributed by atoms with van der Waals surface area (Å²) in [5.74, 6) is -1.04. The van der Waals surface area contributed by atoms with Gasteiger partial charge in [-0.1, -0.05) is 24.3 Å². The van der Waals surface area contributed by atoms with Gasteiger partial charge in [-0.05, 0) is 41.5 Å². The molecular weight excluding hydrogens is 484 g/mol. The van der Waals surface area contributed by atoms with E-state index in [1.165, 1.54) is 54.7 Å². The minimum atomic E-state index is -4.93. The van der Waals surface area contributed by atoms with Crippen molar-refractivity contribution in [2.75, 3.05) is 0 Å². The maximum Gasteiger partial charge on any atom is 1.00 e. The zero-order chi connectivity index (χ0) is 21.9. The zero-order valence-electron chi connectivity index (χ0n) is 16.9. The Kier molecular flexibility index (Phi) is 10.6. The van der Waals surface area contributed by atoms with Crippen molar-refractivity contribution in [1.82, 2.24) is 0 Å². The van der Waals surface area contributed by atoms with E-state index >= 15 is 0 Å². The predicted molar refractivity (Wildman–Crippen MR) is 99.9 cm³/mol. The molecule has 0 unspecified atom stereocenters. The monoisotopic (exact) mass is 497 g/mol. The molecule has 0 amide bonds. The average Bonchev–Trinajstić information content (AvgIpc) is 2.64. The molecule has 0 atom stereocenters. The van der Waals surface area contributed by atoms with Crippen LogP contribution in [0.25, 0.3) is 0 Å². The summed E-state index contributed by atoms with van der Waals surface area (Å²) < 4.78 is 73.6. The van der Waals surface area contributed by atoms with E-state index in [4.69, 9.17) is 0 Å². The van der Waals surface area contributed by atoms with E-state index in [2.05, 4.69) is 8.37 Å². The van der Waals surface area contributed by atoms with Crippen molar-refractivity contribution in [3.63, 3.8) is 0 Å². The molecule has 0 aliphatic carbocycles. The molecule has 3 aromatic rings. The molecule has 0 aliphatic heterocycles. The van der Waals surface area contributed by atoms with Crippen LogP contribution in [0.4, 0.5) is 0 Å². The second-order valence-electron chi connectivity index (χ2n) is 6.01. The van der Waals surface area contributed by atoms with Gasteiger partial charge in [-0.25, -0.2) is 16.8 Å². The number of hydrogen-bond acceptors (Lipinski definition) is 9. The first-order valence-corrected chi connectivity index (χ1v) is 10.9. The molecule has 32 heavy (non-hydrogen) atoms. The van der Waals surface area contributed by atoms with E-state index in [1.807, 2.05) is 0 Å². The molecule has 1 heterocycles. The van der Waals surface area contributed by atoms with Crippen molar-refractivity contribution in [3.05, 3.63) is 95.0 Å². The SMILES string of the molecule is O=S(=O)([O-])Oc1ccc(C(c2ccc(OS(=O)(=O)[O-])cc2)c2cccc[n+]2[O-])cc1.[Na+].[Na+]. The standard InChI is InChI=1S/C18H15NO9S2.2Na/c20-19-12-2-1-3-17(19)18(13-4-8-15(9-5-13)27-29(21,22)23)14-6-10-16(11-7-14)28-30(24,25)26;;/h1-12,18H,(H,21,22,23)(H,24,25,26);;/q;2*+1/p-2. The maximum absolute atomic E-state index is 12.3. The Hall–Kier alpha value is -1.19. The van der Waals surface area contributed by atoms with E-state index in [0.717, 1.165) is 0 Å². The van der Waals surface area contributed by atoms with E-state index in [9.17, 15) is 31.1 Å². The second kappa shape index (κ2) is 11.8. The number of pyridine rings is 1. The summed E-state index contributed by atoms with van der Waals surface area (Å²) in [4.78, 5) is 0. The Morgan fingerprint density at radius 2 is 1.09 bits per heavy atom. The minimum absolute atomic E-state index is 0. The van der Waals surface area contributed by atoms with Gasteiger partial charge in [0.1, 0.15) is 11.5 Å². The summed E-state index contributed by atoms with van der Waals surface area (Å²) in [5, 5.41) is 12.3. The quantitative estimate of drug-likeness (QED) is 0.103. The largest absolute Gasteiger partial charge is 1.00 e. The van der Waals surface area contributed by atoms with Gasteiger partial charge in [0.2, 0.25) is 5.69 Å². The zero-order valence-corrected chi connectivity index (χ0v) is 22.6. The first-order chi connectivity index (χ1) is 14.0. The fourth-order valence-corrected chi connectivity index (χ4v) is 3.56. The molecule has 0 bridgehead atoms. The topological polar surface area (TPSA) is 160 Å². The molecule has 0 saturated heterocycles. The number of benzene rings is 2. The van der Waals surface area contributed by atoms with Crippen molar-refractivity contribution in [2.24, 2.45) is 0 Å². The second-order valence-corrected chi connectivity index (χ2v) is 7.97. The van der Waals surface area contributed by atoms with Crippen LogP contribution in [0.1, 0.15) is 22.7 Å². The molecule has 0 fully saturated rings. The van der Waals surface area contributed by atoms with Crippen molar-refractivity contribution in [1.29, 1.82) is 0 Å². The average molecular weight is 497 g/mol. The van der Waals surface area contributed by atoms with Crippen LogP contribution in [0.5, 0.6) is 11.5 Å². The molecular formula is C18H13NNa2O9S2. The van der Waals surface area contributed by atoms with Crippen LogP contribution in [-0.4, -0.2) is 25.9 Å². The molecule has 158 valence electrons. The fraction of sp³-hybridized carbons (Fsp3) is 0.0556. The van der Waals surface area contributed by atoms with Crippen LogP contribution in [0.3, 0.4) is 0 Å². The number of aromatic nitrogens is 1. The van der Waals surface area contributed by atoms with Gasteiger partial charge in [-0.2, -0.15) is 4.73 Å². The molecule has 0 aliphatic rings. The molecule has 1 aromatic heterocycles. The Morgan fingerprint density at radius 3 is 1.44 bits per heavy atom. The van der Waals surface area contributed by atoms with Gasteiger partial charge in [0, 0.05) is 12.1 Å². The van der Waals surface area contributed by atoms with Crippen LogP contribution >= 0.6 is 0 Å². The van der Waals surface area contributed by atoms with Gasteiger partial charge >= 0.3 is 59.1 Å². The molecule has 0 spiro atoms. The van der Waals surface area contributed by atoms with Gasteiger partial charge in [0.15, 0.2) is 6.20 Å². The van der Waals surface area contributed by atoms with Gasteiger partial charge in [-0.15, -0.1) is 0 Å². The molecule has 0 radical (unpaired) electrons. The summed E-state index contributed by atoms with van der Waals surface area (Å²) in [7, 11) is -9.87. The van der Waals surface area contributed by atoms with E-state index in [-0.39, 0.29) is 70.6 Å². The summed E-state index contributed by atoms with van der Waals surface area (Å²) in [6.45, 7) is 0. The van der Waals surface area contributed by atoms with Gasteiger partial charge in [0.25, 0.3) is 20.8 Å². The molecule has 2 aromatic carbocycles. The third-order valence-electron chi connectivity index (χ3n) is 3.97. The maximum atomic E-state index is 12.3. The van der Waals surface area contributed by atoms with Gasteiger partial charge in [0.05, 0.1) is 5.92 Å². The Morgan fingerprint density at radius 1 is 0.688 bits per heavy atom. The smallest absolute Gasteiger partial charge is 0.716 e. The summed E-state index contributed by atoms with van der Waals surface area (Å²) in [6.07, 6.45) is 1.30. The third-order valence-corrected chi connectivity index (χ3v) is 4.77. The Balaban J connectivity index is 0.00000256. The molecule has 3 rings (SSSR count). The van der Waals surface area contributed by atoms with Crippen LogP contribution in [0.2, 0.25) is 0 Å². The molecule has 10 nitrogen and oxygen atoms in total. The van der Waals surface area contributed by atoms with E-state index in [0.29, 0.717) is 21.6 Å². The van der Waals surface area contributed by atoms with Crippen LogP contribution in [-0.2, 0) is 20.8 Å². The van der Waals surface area contributed by atoms with Crippen LogP contribution in [0, 0.1) is 5.21 Å². The fourth-order valence-electron chi connectivity index (χ4n) is 2.87. The molecule has 14 heteroatoms. The Bertz CT molecular complexity index is 1170. The van der Waals surface area contributed by atoms with Gasteiger partial charge in [-0.3, -0.25) is 0 Å². The normalized spacial score (nSPS) is 11.2. The number of hydrogen-bond donors (Lipinski definition) is 0. The summed E-state index contributed by atoms with van der Waals surface area (Å²) in [6, 6.07) is 15.7. The summed E-state index contributed by atoms with van der Waals surface area (Å²) >= 11 is 0. The van der Waals surface area contributed by atoms with E-state index in [1.54, 1.807) is 18.2 Å². The van der Waals surface area contributed by atoms with Crippen molar-refractivity contribution >= 4 is 20.8 Å². The molecule has 0 N–H and O–H groups in total. The molecule has 0 saturated carbocycles. The van der Waals surface area contributed by atoms with Gasteiger partial charge < -0.3 is 22.7 Å². The minimum Gasteiger partial charge on any atom is -0.716 e. The van der Waals surface area contributed by atoms with Crippen LogP contribution < -0.4 is 72.2 Å². The van der Waals surface area contributed by atoms with Crippen molar-refractivity contribution in [2.45, 2.75) is 5.92 Å².